The van der Waals surface area contributed by atoms with E-state index in [-0.39, 0.29) is 5.97 Å². The number of methoxy groups -OCH3 is 1. The van der Waals surface area contributed by atoms with Crippen LogP contribution in [0.25, 0.3) is 0 Å². The topological polar surface area (TPSA) is 51.2 Å². The fourth-order valence-electron chi connectivity index (χ4n) is 1.69. The monoisotopic (exact) mass is 340 g/mol. The van der Waals surface area contributed by atoms with Crippen LogP contribution < -0.4 is 5.32 Å². The number of hydrogen-bond acceptors (Lipinski definition) is 5. The normalized spacial score (nSPS) is 13.6. The Kier molecular flexibility index (Phi) is 4.21. The first-order chi connectivity index (χ1) is 9.06. The Morgan fingerprint density at radius 1 is 1.42 bits per heavy atom. The van der Waals surface area contributed by atoms with E-state index >= 15 is 0 Å². The maximum absolute atomic E-state index is 12.1. The van der Waals surface area contributed by atoms with Gasteiger partial charge in [-0.15, -0.1) is 11.3 Å². The number of carbonyl (C=O) groups is 1. The molecule has 0 amide bonds. The highest BCUT2D eigenvalue weighted by molar-refractivity contribution is 9.10. The first-order valence-corrected chi connectivity index (χ1v) is 7.25. The number of anilines is 1. The van der Waals surface area contributed by atoms with Crippen molar-refractivity contribution in [2.24, 2.45) is 0 Å². The molecule has 0 spiro atoms. The molecule has 1 atom stereocenters. The molecule has 4 nitrogen and oxygen atoms in total. The van der Waals surface area contributed by atoms with Gasteiger partial charge < -0.3 is 10.1 Å². The van der Waals surface area contributed by atoms with E-state index in [1.54, 1.807) is 13.1 Å². The van der Waals surface area contributed by atoms with Crippen LogP contribution in [0.2, 0.25) is 0 Å². The van der Waals surface area contributed by atoms with E-state index in [1.807, 2.05) is 29.6 Å². The Hall–Kier alpha value is -1.40. The van der Waals surface area contributed by atoms with Gasteiger partial charge in [0.1, 0.15) is 5.01 Å². The van der Waals surface area contributed by atoms with Crippen LogP contribution in [-0.4, -0.2) is 18.1 Å². The van der Waals surface area contributed by atoms with E-state index in [9.17, 15) is 4.79 Å². The lowest BCUT2D eigenvalue weighted by Crippen LogP contribution is -2.41. The van der Waals surface area contributed by atoms with E-state index in [2.05, 4.69) is 26.2 Å². The lowest BCUT2D eigenvalue weighted by molar-refractivity contribution is -0.145. The Bertz CT molecular complexity index is 557. The summed E-state index contributed by atoms with van der Waals surface area (Å²) < 4.78 is 5.87. The van der Waals surface area contributed by atoms with Gasteiger partial charge in [-0.1, -0.05) is 15.9 Å². The summed E-state index contributed by atoms with van der Waals surface area (Å²) in [7, 11) is 1.37. The highest BCUT2D eigenvalue weighted by atomic mass is 79.9. The highest BCUT2D eigenvalue weighted by Crippen LogP contribution is 2.29. The summed E-state index contributed by atoms with van der Waals surface area (Å²) in [5, 5.41) is 5.69. The number of carbonyl (C=O) groups excluding carboxylic acids is 1. The molecular formula is C13H13BrN2O2S. The van der Waals surface area contributed by atoms with Crippen LogP contribution in [0.1, 0.15) is 11.9 Å². The van der Waals surface area contributed by atoms with Gasteiger partial charge in [0.15, 0.2) is 5.54 Å². The largest absolute Gasteiger partial charge is 0.467 e. The number of aromatic nitrogens is 1. The van der Waals surface area contributed by atoms with E-state index in [0.717, 1.165) is 10.2 Å². The molecule has 0 saturated heterocycles. The van der Waals surface area contributed by atoms with Crippen LogP contribution in [-0.2, 0) is 15.1 Å². The number of ether oxygens (including phenoxy) is 1. The molecule has 19 heavy (non-hydrogen) atoms. The van der Waals surface area contributed by atoms with Crippen molar-refractivity contribution in [3.63, 3.8) is 0 Å². The predicted octanol–water partition coefficient (Wildman–Crippen LogP) is 3.41. The number of rotatable bonds is 4. The predicted molar refractivity (Wildman–Crippen MR) is 79.2 cm³/mol. The first-order valence-electron chi connectivity index (χ1n) is 5.58. The smallest absolute Gasteiger partial charge is 0.338 e. The minimum Gasteiger partial charge on any atom is -0.467 e. The second-order valence-electron chi connectivity index (χ2n) is 4.09. The number of halogens is 1. The molecule has 0 aliphatic carbocycles. The van der Waals surface area contributed by atoms with Crippen LogP contribution >= 0.6 is 27.3 Å². The zero-order valence-corrected chi connectivity index (χ0v) is 12.9. The number of benzene rings is 1. The molecular weight excluding hydrogens is 328 g/mol. The number of nitrogens with zero attached hydrogens (tertiary/aromatic N) is 1. The molecule has 1 aromatic heterocycles. The van der Waals surface area contributed by atoms with Crippen molar-refractivity contribution in [2.75, 3.05) is 12.4 Å². The maximum Gasteiger partial charge on any atom is 0.338 e. The van der Waals surface area contributed by atoms with E-state index in [0.29, 0.717) is 5.01 Å². The van der Waals surface area contributed by atoms with E-state index in [4.69, 9.17) is 4.74 Å². The van der Waals surface area contributed by atoms with Crippen LogP contribution in [0.5, 0.6) is 0 Å². The second-order valence-corrected chi connectivity index (χ2v) is 5.90. The van der Waals surface area contributed by atoms with Gasteiger partial charge in [0, 0.05) is 21.7 Å². The van der Waals surface area contributed by atoms with Crippen molar-refractivity contribution < 1.29 is 9.53 Å². The zero-order chi connectivity index (χ0) is 13.9. The molecule has 1 N–H and O–H groups in total. The third-order valence-corrected chi connectivity index (χ3v) is 4.22. The van der Waals surface area contributed by atoms with Gasteiger partial charge in [0.05, 0.1) is 7.11 Å². The van der Waals surface area contributed by atoms with Crippen molar-refractivity contribution in [1.29, 1.82) is 0 Å². The number of esters is 1. The van der Waals surface area contributed by atoms with Gasteiger partial charge in [-0.3, -0.25) is 0 Å². The van der Waals surface area contributed by atoms with Crippen molar-refractivity contribution >= 4 is 38.9 Å². The van der Waals surface area contributed by atoms with Gasteiger partial charge in [0.25, 0.3) is 0 Å². The Morgan fingerprint density at radius 2 is 2.11 bits per heavy atom. The minimum absolute atomic E-state index is 0.370. The van der Waals surface area contributed by atoms with Crippen LogP contribution in [0.15, 0.2) is 40.3 Å². The summed E-state index contributed by atoms with van der Waals surface area (Å²) in [6.45, 7) is 1.76. The van der Waals surface area contributed by atoms with Crippen molar-refractivity contribution in [1.82, 2.24) is 4.98 Å². The van der Waals surface area contributed by atoms with Crippen molar-refractivity contribution in [2.45, 2.75) is 12.5 Å². The molecule has 0 aliphatic heterocycles. The number of hydrogen-bond donors (Lipinski definition) is 1. The summed E-state index contributed by atoms with van der Waals surface area (Å²) >= 11 is 4.79. The fraction of sp³-hybridized carbons (Fsp3) is 0.231. The molecule has 0 fully saturated rings. The van der Waals surface area contributed by atoms with Gasteiger partial charge in [-0.2, -0.15) is 0 Å². The number of thiazole rings is 1. The molecule has 1 heterocycles. The molecule has 0 radical (unpaired) electrons. The van der Waals surface area contributed by atoms with Crippen LogP contribution in [0.3, 0.4) is 0 Å². The molecule has 0 aliphatic rings. The average Bonchev–Trinajstić information content (AvgIpc) is 2.95. The molecule has 6 heteroatoms. The first kappa shape index (κ1) is 14.0. The lowest BCUT2D eigenvalue weighted by Gasteiger charge is -2.26. The SMILES string of the molecule is COC(=O)C(C)(Nc1ccc(Br)cc1)c1nccs1. The summed E-state index contributed by atoms with van der Waals surface area (Å²) in [6, 6.07) is 7.58. The number of nitrogens with one attached hydrogen (secondary N) is 1. The zero-order valence-electron chi connectivity index (χ0n) is 10.5. The highest BCUT2D eigenvalue weighted by Gasteiger charge is 2.39. The Labute approximate surface area is 124 Å². The third kappa shape index (κ3) is 2.96. The van der Waals surface area contributed by atoms with Gasteiger partial charge in [-0.05, 0) is 31.2 Å². The van der Waals surface area contributed by atoms with E-state index in [1.165, 1.54) is 18.4 Å². The fourth-order valence-corrected chi connectivity index (χ4v) is 2.69. The molecule has 0 saturated carbocycles. The van der Waals surface area contributed by atoms with Crippen molar-refractivity contribution in [3.8, 4) is 0 Å². The standard InChI is InChI=1S/C13H13BrN2O2S/c1-13(12(17)18-2,11-15-7-8-19-11)16-10-5-3-9(14)4-6-10/h3-8,16H,1-2H3. The Morgan fingerprint density at radius 3 is 2.63 bits per heavy atom. The molecule has 100 valence electrons. The minimum atomic E-state index is -0.989. The van der Waals surface area contributed by atoms with Gasteiger partial charge >= 0.3 is 5.97 Å². The van der Waals surface area contributed by atoms with Gasteiger partial charge in [-0.25, -0.2) is 9.78 Å². The lowest BCUT2D eigenvalue weighted by atomic mass is 10.0. The quantitative estimate of drug-likeness (QED) is 0.866. The molecule has 1 aromatic carbocycles. The average molecular weight is 341 g/mol. The van der Waals surface area contributed by atoms with E-state index < -0.39 is 5.54 Å². The summed E-state index contributed by atoms with van der Waals surface area (Å²) in [5.41, 5.74) is -0.164. The molecule has 1 unspecified atom stereocenters. The van der Waals surface area contributed by atoms with Crippen LogP contribution in [0, 0.1) is 0 Å². The van der Waals surface area contributed by atoms with Crippen molar-refractivity contribution in [3.05, 3.63) is 45.3 Å². The summed E-state index contributed by atoms with van der Waals surface area (Å²) in [4.78, 5) is 16.3. The summed E-state index contributed by atoms with van der Waals surface area (Å²) in [6.07, 6.45) is 1.67. The Balaban J connectivity index is 2.34. The van der Waals surface area contributed by atoms with Gasteiger partial charge in [0.2, 0.25) is 0 Å². The summed E-state index contributed by atoms with van der Waals surface area (Å²) in [5.74, 6) is -0.370. The van der Waals surface area contributed by atoms with Crippen LogP contribution in [0.4, 0.5) is 5.69 Å². The molecule has 2 aromatic rings. The molecule has 2 rings (SSSR count). The molecule has 0 bridgehead atoms. The second kappa shape index (κ2) is 5.71. The maximum atomic E-state index is 12.1. The third-order valence-electron chi connectivity index (χ3n) is 2.69.